The molecule has 3 rings (SSSR count). The van der Waals surface area contributed by atoms with Crippen molar-refractivity contribution in [1.29, 1.82) is 0 Å². The molecule has 1 atom stereocenters. The van der Waals surface area contributed by atoms with E-state index in [1.165, 1.54) is 6.92 Å². The first-order valence-corrected chi connectivity index (χ1v) is 11.7. The predicted octanol–water partition coefficient (Wildman–Crippen LogP) is 7.02. The number of halogens is 15. The molecule has 0 aromatic heterocycles. The summed E-state index contributed by atoms with van der Waals surface area (Å²) in [5.41, 5.74) is -7.94. The van der Waals surface area contributed by atoms with Gasteiger partial charge >= 0.3 is 0 Å². The second kappa shape index (κ2) is 11.6. The number of benzene rings is 3. The van der Waals surface area contributed by atoms with E-state index in [4.69, 9.17) is 0 Å². The lowest BCUT2D eigenvalue weighted by atomic mass is 9.15. The molecule has 1 unspecified atom stereocenters. The Hall–Kier alpha value is -3.59. The van der Waals surface area contributed by atoms with Crippen LogP contribution in [0, 0.1) is 99.1 Å². The average Bonchev–Trinajstić information content (AvgIpc) is 2.93. The topological polar surface area (TPSA) is 0 Å². The molecule has 0 N–H and O–H groups in total. The molecule has 0 amide bonds. The van der Waals surface area contributed by atoms with Crippen LogP contribution >= 0.6 is 0 Å². The summed E-state index contributed by atoms with van der Waals surface area (Å²) in [6, 6.07) is 0. The molecule has 0 heterocycles. The molecule has 3 aromatic carbocycles. The fraction of sp³-hybridized carbons (Fsp3) is 0.231. The Morgan fingerprint density at radius 1 is 0.405 bits per heavy atom. The van der Waals surface area contributed by atoms with E-state index in [0.29, 0.717) is 6.08 Å². The molecule has 0 spiro atoms. The molecule has 0 aliphatic carbocycles. The maximum absolute atomic E-state index is 15.3. The lowest BCUT2D eigenvalue weighted by Crippen LogP contribution is -2.72. The Bertz CT molecular complexity index is 1360. The molecule has 0 saturated heterocycles. The molecule has 0 saturated carbocycles. The van der Waals surface area contributed by atoms with Gasteiger partial charge in [-0.25, -0.2) is 71.8 Å². The molecule has 0 aliphatic rings. The minimum absolute atomic E-state index is 0.00791. The van der Waals surface area contributed by atoms with Crippen LogP contribution in [-0.4, -0.2) is 6.15 Å². The van der Waals surface area contributed by atoms with Crippen molar-refractivity contribution in [2.45, 2.75) is 27.2 Å². The lowest BCUT2D eigenvalue weighted by Gasteiger charge is -2.42. The molecule has 0 nitrogen and oxygen atoms in total. The fourth-order valence-corrected chi connectivity index (χ4v) is 4.97. The Kier molecular flexibility index (Phi) is 9.09. The zero-order chi connectivity index (χ0) is 32.2. The van der Waals surface area contributed by atoms with E-state index in [1.807, 2.05) is 0 Å². The zero-order valence-corrected chi connectivity index (χ0v) is 21.3. The summed E-state index contributed by atoms with van der Waals surface area (Å²) in [6.45, 7) is 4.37. The summed E-state index contributed by atoms with van der Waals surface area (Å²) in [4.78, 5) is 0. The van der Waals surface area contributed by atoms with Gasteiger partial charge in [-0.1, -0.05) is 20.8 Å². The maximum atomic E-state index is 15.3. The Balaban J connectivity index is 2.87. The van der Waals surface area contributed by atoms with Crippen LogP contribution in [0.3, 0.4) is 0 Å². The summed E-state index contributed by atoms with van der Waals surface area (Å²) in [5, 5.41) is 0. The van der Waals surface area contributed by atoms with E-state index in [1.54, 1.807) is 13.8 Å². The maximum Gasteiger partial charge on any atom is 0.200 e. The van der Waals surface area contributed by atoms with Crippen molar-refractivity contribution in [3.05, 3.63) is 99.3 Å². The largest absolute Gasteiger partial charge is 0.235 e. The highest BCUT2D eigenvalue weighted by atomic mass is 19.2. The average molecular weight is 623 g/mol. The first kappa shape index (κ1) is 32.9. The fourth-order valence-electron chi connectivity index (χ4n) is 4.97. The minimum atomic E-state index is -5.65. The lowest BCUT2D eigenvalue weighted by molar-refractivity contribution is 0.380. The van der Waals surface area contributed by atoms with E-state index >= 15 is 26.3 Å². The van der Waals surface area contributed by atoms with Crippen LogP contribution in [0.15, 0.2) is 12.1 Å². The van der Waals surface area contributed by atoms with Gasteiger partial charge in [0.2, 0.25) is 0 Å². The van der Waals surface area contributed by atoms with Crippen molar-refractivity contribution >= 4 is 22.5 Å². The summed E-state index contributed by atoms with van der Waals surface area (Å²) in [5.74, 6) is -46.6. The second-order valence-electron chi connectivity index (χ2n) is 9.88. The molecule has 0 aliphatic heterocycles. The normalized spacial score (nSPS) is 13.1. The van der Waals surface area contributed by atoms with Gasteiger partial charge < -0.3 is 0 Å². The van der Waals surface area contributed by atoms with Crippen LogP contribution in [-0.2, 0) is 0 Å². The van der Waals surface area contributed by atoms with E-state index in [0.717, 1.165) is 0 Å². The highest BCUT2D eigenvalue weighted by Crippen LogP contribution is 2.29. The van der Waals surface area contributed by atoms with Crippen LogP contribution in [0.1, 0.15) is 27.2 Å². The highest BCUT2D eigenvalue weighted by molar-refractivity contribution is 7.15. The SMILES string of the molecule is CC(C)CC(C)/C=C\[B-](c1c(F)c(F)c(F)c(F)c1F)(c1c(F)c(F)c(F)c(F)c1F)c1c(F)c(F)c(F)c(F)c1F. The first-order valence-electron chi connectivity index (χ1n) is 11.7. The quantitative estimate of drug-likeness (QED) is 0.115. The minimum Gasteiger partial charge on any atom is -0.235 e. The monoisotopic (exact) mass is 623 g/mol. The molecule has 0 bridgehead atoms. The van der Waals surface area contributed by atoms with Gasteiger partial charge in [-0.2, -0.15) is 0 Å². The third kappa shape index (κ3) is 4.91. The molecular formula is C26H15BF15-. The second-order valence-corrected chi connectivity index (χ2v) is 9.88. The summed E-state index contributed by atoms with van der Waals surface area (Å²) >= 11 is 0. The smallest absolute Gasteiger partial charge is 0.200 e. The Morgan fingerprint density at radius 3 is 0.833 bits per heavy atom. The van der Waals surface area contributed by atoms with Gasteiger partial charge in [0, 0.05) is 0 Å². The van der Waals surface area contributed by atoms with Crippen molar-refractivity contribution in [2.75, 3.05) is 0 Å². The summed E-state index contributed by atoms with van der Waals surface area (Å²) in [6.07, 6.45) is -5.07. The van der Waals surface area contributed by atoms with Gasteiger partial charge in [0.1, 0.15) is 41.0 Å². The molecular weight excluding hydrogens is 608 g/mol. The number of allylic oxidation sites excluding steroid dienone is 1. The molecule has 3 aromatic rings. The van der Waals surface area contributed by atoms with Crippen LogP contribution in [0.4, 0.5) is 65.9 Å². The van der Waals surface area contributed by atoms with Crippen LogP contribution in [0.5, 0.6) is 0 Å². The molecule has 0 radical (unpaired) electrons. The van der Waals surface area contributed by atoms with Gasteiger partial charge in [0.25, 0.3) is 0 Å². The van der Waals surface area contributed by atoms with Gasteiger partial charge in [-0.3, -0.25) is 0 Å². The van der Waals surface area contributed by atoms with E-state index < -0.39 is 116 Å². The molecule has 0 fully saturated rings. The standard InChI is InChI=1S/C26H15BF15/c1-7(2)6-8(3)4-5-27(9-12(28)18(34)24(40)19(35)13(9)29,10-14(30)20(36)25(41)21(37)15(10)31)11-16(32)22(38)26(42)23(39)17(11)33/h4-5,7-8H,6H2,1-3H3/q-1/b5-4-. The number of hydrogen-bond donors (Lipinski definition) is 0. The van der Waals surface area contributed by atoms with Crippen molar-refractivity contribution in [3.63, 3.8) is 0 Å². The van der Waals surface area contributed by atoms with Crippen molar-refractivity contribution in [3.8, 4) is 0 Å². The van der Waals surface area contributed by atoms with Gasteiger partial charge in [0.05, 0.1) is 0 Å². The zero-order valence-electron chi connectivity index (χ0n) is 21.3. The van der Waals surface area contributed by atoms with Crippen LogP contribution in [0.25, 0.3) is 0 Å². The van der Waals surface area contributed by atoms with Gasteiger partial charge in [-0.05, 0) is 18.3 Å². The van der Waals surface area contributed by atoms with Crippen molar-refractivity contribution < 1.29 is 65.9 Å². The van der Waals surface area contributed by atoms with Crippen LogP contribution < -0.4 is 16.4 Å². The summed E-state index contributed by atoms with van der Waals surface area (Å²) in [7, 11) is 0. The van der Waals surface area contributed by atoms with Crippen molar-refractivity contribution in [1.82, 2.24) is 0 Å². The third-order valence-corrected chi connectivity index (χ3v) is 6.67. The number of rotatable bonds is 7. The van der Waals surface area contributed by atoms with Gasteiger partial charge in [-0.15, -0.1) is 22.5 Å². The Morgan fingerprint density at radius 2 is 0.619 bits per heavy atom. The van der Waals surface area contributed by atoms with Crippen LogP contribution in [0.2, 0.25) is 0 Å². The third-order valence-electron chi connectivity index (χ3n) is 6.67. The van der Waals surface area contributed by atoms with E-state index in [9.17, 15) is 39.5 Å². The number of hydrogen-bond acceptors (Lipinski definition) is 0. The Labute approximate surface area is 227 Å². The van der Waals surface area contributed by atoms with Gasteiger partial charge in [0.15, 0.2) is 52.4 Å². The highest BCUT2D eigenvalue weighted by Gasteiger charge is 2.46. The molecule has 42 heavy (non-hydrogen) atoms. The van der Waals surface area contributed by atoms with E-state index in [2.05, 4.69) is 0 Å². The van der Waals surface area contributed by atoms with Crippen molar-refractivity contribution in [2.24, 2.45) is 11.8 Å². The molecule has 228 valence electrons. The predicted molar refractivity (Wildman–Crippen MR) is 121 cm³/mol. The summed E-state index contributed by atoms with van der Waals surface area (Å²) < 4.78 is 220. The van der Waals surface area contributed by atoms with E-state index in [-0.39, 0.29) is 18.3 Å². The molecule has 16 heteroatoms. The first-order chi connectivity index (χ1) is 19.3.